The molecule has 5 nitrogen and oxygen atoms in total. The highest BCUT2D eigenvalue weighted by atomic mass is 32.2. The Morgan fingerprint density at radius 3 is 2.82 bits per heavy atom. The lowest BCUT2D eigenvalue weighted by atomic mass is 10.1. The van der Waals surface area contributed by atoms with Crippen LogP contribution in [0.1, 0.15) is 19.3 Å². The van der Waals surface area contributed by atoms with Gasteiger partial charge in [0.2, 0.25) is 10.0 Å². The van der Waals surface area contributed by atoms with Gasteiger partial charge in [-0.3, -0.25) is 0 Å². The molecule has 2 rings (SSSR count). The van der Waals surface area contributed by atoms with Crippen LogP contribution >= 0.6 is 0 Å². The van der Waals surface area contributed by atoms with Crippen LogP contribution in [0.5, 0.6) is 0 Å². The van der Waals surface area contributed by atoms with Crippen LogP contribution in [0.3, 0.4) is 0 Å². The van der Waals surface area contributed by atoms with Gasteiger partial charge in [0.25, 0.3) is 0 Å². The zero-order valence-electron chi connectivity index (χ0n) is 10.5. The van der Waals surface area contributed by atoms with Crippen molar-refractivity contribution in [3.8, 4) is 0 Å². The lowest BCUT2D eigenvalue weighted by molar-refractivity contribution is 0.393. The molecule has 0 aromatic heterocycles. The Hall–Kier alpha value is -0.170. The molecule has 0 aromatic rings. The number of sulfonamides is 1. The highest BCUT2D eigenvalue weighted by Gasteiger charge is 2.28. The summed E-state index contributed by atoms with van der Waals surface area (Å²) in [7, 11) is -1.04. The van der Waals surface area contributed by atoms with Crippen LogP contribution in [-0.2, 0) is 10.0 Å². The topological polar surface area (TPSA) is 61.4 Å². The largest absolute Gasteiger partial charge is 0.315 e. The van der Waals surface area contributed by atoms with E-state index in [9.17, 15) is 8.42 Å². The van der Waals surface area contributed by atoms with Gasteiger partial charge in [-0.15, -0.1) is 0 Å². The smallest absolute Gasteiger partial charge is 0.215 e. The van der Waals surface area contributed by atoms with Crippen molar-refractivity contribution in [3.05, 3.63) is 0 Å². The zero-order chi connectivity index (χ0) is 12.3. The molecule has 6 heteroatoms. The lowest BCUT2D eigenvalue weighted by Gasteiger charge is -2.23. The molecule has 2 unspecified atom stereocenters. The summed E-state index contributed by atoms with van der Waals surface area (Å²) in [4.78, 5) is 2.25. The minimum absolute atomic E-state index is 0.240. The maximum absolute atomic E-state index is 12.1. The van der Waals surface area contributed by atoms with E-state index in [0.29, 0.717) is 19.0 Å². The molecule has 0 bridgehead atoms. The summed E-state index contributed by atoms with van der Waals surface area (Å²) in [6.07, 6.45) is 2.84. The third-order valence-corrected chi connectivity index (χ3v) is 5.60. The second kappa shape index (κ2) is 5.65. The second-order valence-electron chi connectivity index (χ2n) is 5.28. The Balaban J connectivity index is 1.80. The SMILES string of the molecule is CN1CCC(CNS(=O)(=O)C2CCCNC2)C1. The minimum atomic E-state index is -3.12. The zero-order valence-corrected chi connectivity index (χ0v) is 11.3. The van der Waals surface area contributed by atoms with Crippen LogP contribution in [0.15, 0.2) is 0 Å². The number of likely N-dealkylation sites (tertiary alicyclic amines) is 1. The molecule has 0 saturated carbocycles. The molecular weight excluding hydrogens is 238 g/mol. The van der Waals surface area contributed by atoms with Crippen LogP contribution in [0.25, 0.3) is 0 Å². The predicted octanol–water partition coefficient (Wildman–Crippen LogP) is -0.390. The molecule has 2 atom stereocenters. The van der Waals surface area contributed by atoms with Crippen LogP contribution in [-0.4, -0.2) is 58.3 Å². The quantitative estimate of drug-likeness (QED) is 0.723. The average molecular weight is 261 g/mol. The third kappa shape index (κ3) is 3.64. The van der Waals surface area contributed by atoms with E-state index in [4.69, 9.17) is 0 Å². The van der Waals surface area contributed by atoms with Gasteiger partial charge in [0.15, 0.2) is 0 Å². The standard InChI is InChI=1S/C11H23N3O2S/c1-14-6-4-10(9-14)7-13-17(15,16)11-3-2-5-12-8-11/h10-13H,2-9H2,1H3. The van der Waals surface area contributed by atoms with Gasteiger partial charge < -0.3 is 10.2 Å². The number of rotatable bonds is 4. The Morgan fingerprint density at radius 2 is 2.24 bits per heavy atom. The van der Waals surface area contributed by atoms with Crippen LogP contribution < -0.4 is 10.0 Å². The van der Waals surface area contributed by atoms with Crippen molar-refractivity contribution >= 4 is 10.0 Å². The normalized spacial score (nSPS) is 31.8. The number of nitrogens with zero attached hydrogens (tertiary/aromatic N) is 1. The van der Waals surface area contributed by atoms with Gasteiger partial charge in [-0.25, -0.2) is 13.1 Å². The van der Waals surface area contributed by atoms with Crippen molar-refractivity contribution < 1.29 is 8.42 Å². The van der Waals surface area contributed by atoms with Gasteiger partial charge in [0.1, 0.15) is 0 Å². The maximum Gasteiger partial charge on any atom is 0.215 e. The van der Waals surface area contributed by atoms with Crippen molar-refractivity contribution in [2.45, 2.75) is 24.5 Å². The van der Waals surface area contributed by atoms with E-state index in [1.54, 1.807) is 0 Å². The van der Waals surface area contributed by atoms with Crippen molar-refractivity contribution in [1.29, 1.82) is 0 Å². The first-order chi connectivity index (χ1) is 8.08. The first kappa shape index (κ1) is 13.3. The molecule has 2 saturated heterocycles. The molecule has 2 aliphatic heterocycles. The maximum atomic E-state index is 12.1. The molecule has 0 aromatic carbocycles. The van der Waals surface area contributed by atoms with Crippen LogP contribution in [0, 0.1) is 5.92 Å². The number of hydrogen-bond acceptors (Lipinski definition) is 4. The number of hydrogen-bond donors (Lipinski definition) is 2. The van der Waals surface area contributed by atoms with Gasteiger partial charge in [0, 0.05) is 19.6 Å². The van der Waals surface area contributed by atoms with Crippen molar-refractivity contribution in [2.75, 3.05) is 39.8 Å². The fourth-order valence-electron chi connectivity index (χ4n) is 2.63. The summed E-state index contributed by atoms with van der Waals surface area (Å²) in [5, 5.41) is 2.91. The first-order valence-corrected chi connectivity index (χ1v) is 8.00. The second-order valence-corrected chi connectivity index (χ2v) is 7.32. The summed E-state index contributed by atoms with van der Waals surface area (Å²) in [6, 6.07) is 0. The molecule has 2 fully saturated rings. The summed E-state index contributed by atoms with van der Waals surface area (Å²) < 4.78 is 26.9. The monoisotopic (exact) mass is 261 g/mol. The minimum Gasteiger partial charge on any atom is -0.315 e. The first-order valence-electron chi connectivity index (χ1n) is 6.45. The fourth-order valence-corrected chi connectivity index (χ4v) is 4.15. The fraction of sp³-hybridized carbons (Fsp3) is 1.00. The van der Waals surface area contributed by atoms with Gasteiger partial charge in [-0.2, -0.15) is 0 Å². The van der Waals surface area contributed by atoms with Gasteiger partial charge in [-0.05, 0) is 45.3 Å². The van der Waals surface area contributed by atoms with Crippen LogP contribution in [0.4, 0.5) is 0 Å². The van der Waals surface area contributed by atoms with E-state index in [2.05, 4.69) is 22.0 Å². The molecule has 0 spiro atoms. The van der Waals surface area contributed by atoms with Crippen molar-refractivity contribution in [3.63, 3.8) is 0 Å². The Morgan fingerprint density at radius 1 is 1.41 bits per heavy atom. The summed E-state index contributed by atoms with van der Waals surface area (Å²) in [5.41, 5.74) is 0. The van der Waals surface area contributed by atoms with Gasteiger partial charge in [0.05, 0.1) is 5.25 Å². The molecule has 2 heterocycles. The van der Waals surface area contributed by atoms with Gasteiger partial charge >= 0.3 is 0 Å². The molecule has 17 heavy (non-hydrogen) atoms. The Kier molecular flexibility index (Phi) is 4.41. The summed E-state index contributed by atoms with van der Waals surface area (Å²) >= 11 is 0. The third-order valence-electron chi connectivity index (χ3n) is 3.75. The van der Waals surface area contributed by atoms with E-state index in [0.717, 1.165) is 38.9 Å². The van der Waals surface area contributed by atoms with E-state index < -0.39 is 10.0 Å². The highest BCUT2D eigenvalue weighted by molar-refractivity contribution is 7.90. The van der Waals surface area contributed by atoms with E-state index in [-0.39, 0.29) is 5.25 Å². The Bertz CT molecular complexity index is 339. The molecule has 2 aliphatic rings. The molecule has 0 radical (unpaired) electrons. The van der Waals surface area contributed by atoms with E-state index in [1.807, 2.05) is 0 Å². The summed E-state index contributed by atoms with van der Waals surface area (Å²) in [6.45, 7) is 4.23. The summed E-state index contributed by atoms with van der Waals surface area (Å²) in [5.74, 6) is 0.478. The molecule has 100 valence electrons. The van der Waals surface area contributed by atoms with Crippen LogP contribution in [0.2, 0.25) is 0 Å². The Labute approximate surface area is 104 Å². The molecular formula is C11H23N3O2S. The van der Waals surface area contributed by atoms with E-state index >= 15 is 0 Å². The molecule has 0 amide bonds. The van der Waals surface area contributed by atoms with Crippen molar-refractivity contribution in [1.82, 2.24) is 14.9 Å². The average Bonchev–Trinajstić information content (AvgIpc) is 2.74. The predicted molar refractivity (Wildman–Crippen MR) is 68.4 cm³/mol. The number of piperidine rings is 1. The van der Waals surface area contributed by atoms with Gasteiger partial charge in [-0.1, -0.05) is 0 Å². The highest BCUT2D eigenvalue weighted by Crippen LogP contribution is 2.15. The van der Waals surface area contributed by atoms with Crippen molar-refractivity contribution in [2.24, 2.45) is 5.92 Å². The molecule has 0 aliphatic carbocycles. The van der Waals surface area contributed by atoms with E-state index in [1.165, 1.54) is 0 Å². The lowest BCUT2D eigenvalue weighted by Crippen LogP contribution is -2.45. The molecule has 2 N–H and O–H groups in total. The number of nitrogens with one attached hydrogen (secondary N) is 2.